The van der Waals surface area contributed by atoms with Crippen molar-refractivity contribution in [3.8, 4) is 0 Å². The Kier molecular flexibility index (Phi) is 11.7. The lowest BCUT2D eigenvalue weighted by Crippen LogP contribution is -2.54. The van der Waals surface area contributed by atoms with Crippen molar-refractivity contribution in [2.75, 3.05) is 11.4 Å². The summed E-state index contributed by atoms with van der Waals surface area (Å²) >= 11 is 0. The van der Waals surface area contributed by atoms with Gasteiger partial charge in [0, 0.05) is 18.7 Å². The van der Waals surface area contributed by atoms with Crippen LogP contribution in [0.5, 0.6) is 0 Å². The Labute approximate surface area is 264 Å². The van der Waals surface area contributed by atoms with Gasteiger partial charge in [0.1, 0.15) is 6.04 Å². The van der Waals surface area contributed by atoms with Crippen molar-refractivity contribution in [3.63, 3.8) is 0 Å². The number of hydrogen-bond donors (Lipinski definition) is 4. The fourth-order valence-electron chi connectivity index (χ4n) is 5.44. The molecule has 1 fully saturated rings. The van der Waals surface area contributed by atoms with Gasteiger partial charge in [-0.05, 0) is 48.4 Å². The van der Waals surface area contributed by atoms with Gasteiger partial charge in [-0.25, -0.2) is 4.79 Å². The lowest BCUT2D eigenvalue weighted by atomic mass is 9.93. The van der Waals surface area contributed by atoms with Crippen molar-refractivity contribution in [1.29, 1.82) is 0 Å². The highest BCUT2D eigenvalue weighted by molar-refractivity contribution is 5.95. The number of amides is 4. The van der Waals surface area contributed by atoms with E-state index in [0.29, 0.717) is 18.5 Å². The summed E-state index contributed by atoms with van der Waals surface area (Å²) in [6.07, 6.45) is -1.91. The minimum absolute atomic E-state index is 0.0370. The first-order chi connectivity index (χ1) is 21.6. The average Bonchev–Trinajstić information content (AvgIpc) is 3.42. The van der Waals surface area contributed by atoms with E-state index in [2.05, 4.69) is 16.0 Å². The number of rotatable bonds is 14. The van der Waals surface area contributed by atoms with E-state index >= 15 is 0 Å². The number of anilines is 1. The van der Waals surface area contributed by atoms with Crippen molar-refractivity contribution in [1.82, 2.24) is 16.0 Å². The topological polar surface area (TPSA) is 137 Å². The van der Waals surface area contributed by atoms with Gasteiger partial charge in [0.05, 0.1) is 18.7 Å². The zero-order valence-electron chi connectivity index (χ0n) is 25.9. The van der Waals surface area contributed by atoms with Crippen LogP contribution in [0.25, 0.3) is 0 Å². The Hall–Kier alpha value is -4.70. The van der Waals surface area contributed by atoms with Gasteiger partial charge < -0.3 is 25.8 Å². The standard InChI is InChI=1S/C35H42N4O6/c1-23(2)32(36-24(3)40)34(43)37-27(19-25-13-7-4-8-14-25)21-30(41)29(20-26-15-9-5-10-16-26)38-33(42)31-22-39(35(44)45-31)28-17-11-6-12-18-28/h4-18,23,27,29-32,41H,19-22H2,1-3H3,(H,36,40)(H,37,43)(H,38,42)/t27-,29-,30?,31-,32?/m0/s1. The summed E-state index contributed by atoms with van der Waals surface area (Å²) < 4.78 is 5.42. The van der Waals surface area contributed by atoms with Crippen molar-refractivity contribution < 1.29 is 29.0 Å². The highest BCUT2D eigenvalue weighted by Crippen LogP contribution is 2.22. The second-order valence-corrected chi connectivity index (χ2v) is 11.7. The van der Waals surface area contributed by atoms with Crippen LogP contribution < -0.4 is 20.9 Å². The van der Waals surface area contributed by atoms with Crippen LogP contribution in [0.4, 0.5) is 10.5 Å². The largest absolute Gasteiger partial charge is 0.434 e. The normalized spacial score (nSPS) is 17.1. The molecule has 0 bridgehead atoms. The number of benzene rings is 3. The van der Waals surface area contributed by atoms with Gasteiger partial charge in [0.15, 0.2) is 6.10 Å². The summed E-state index contributed by atoms with van der Waals surface area (Å²) in [5.41, 5.74) is 2.47. The number of nitrogens with one attached hydrogen (secondary N) is 3. The second-order valence-electron chi connectivity index (χ2n) is 11.7. The quantitative estimate of drug-likeness (QED) is 0.220. The third-order valence-electron chi connectivity index (χ3n) is 7.77. The fraction of sp³-hybridized carbons (Fsp3) is 0.371. The molecule has 0 saturated carbocycles. The van der Waals surface area contributed by atoms with Gasteiger partial charge in [0.2, 0.25) is 11.8 Å². The third kappa shape index (κ3) is 9.64. The minimum atomic E-state index is -1.08. The number of aliphatic hydroxyl groups excluding tert-OH is 1. The summed E-state index contributed by atoms with van der Waals surface area (Å²) in [5, 5.41) is 20.3. The zero-order chi connectivity index (χ0) is 32.3. The van der Waals surface area contributed by atoms with Crippen molar-refractivity contribution in [2.24, 2.45) is 5.92 Å². The Balaban J connectivity index is 1.52. The number of carbonyl (C=O) groups is 4. The molecule has 0 radical (unpaired) electrons. The molecular formula is C35H42N4O6. The van der Waals surface area contributed by atoms with E-state index in [9.17, 15) is 24.3 Å². The van der Waals surface area contributed by atoms with E-state index in [1.165, 1.54) is 11.8 Å². The minimum Gasteiger partial charge on any atom is -0.434 e. The number of nitrogens with zero attached hydrogens (tertiary/aromatic N) is 1. The lowest BCUT2D eigenvalue weighted by Gasteiger charge is -2.30. The molecule has 4 rings (SSSR count). The SMILES string of the molecule is CC(=O)NC(C(=O)N[C@@H](Cc1ccccc1)CC(O)[C@H](Cc1ccccc1)NC(=O)[C@@H]1CN(c2ccccc2)C(=O)O1)C(C)C. The Bertz CT molecular complexity index is 1420. The first kappa shape index (κ1) is 33.2. The fourth-order valence-corrected chi connectivity index (χ4v) is 5.44. The summed E-state index contributed by atoms with van der Waals surface area (Å²) in [5.74, 6) is -1.34. The Morgan fingerprint density at radius 2 is 1.40 bits per heavy atom. The molecule has 1 heterocycles. The summed E-state index contributed by atoms with van der Waals surface area (Å²) in [7, 11) is 0. The predicted molar refractivity (Wildman–Crippen MR) is 171 cm³/mol. The molecule has 2 unspecified atom stereocenters. The maximum absolute atomic E-state index is 13.5. The highest BCUT2D eigenvalue weighted by atomic mass is 16.6. The second kappa shape index (κ2) is 15.9. The van der Waals surface area contributed by atoms with E-state index in [-0.39, 0.29) is 30.7 Å². The number of cyclic esters (lactones) is 1. The van der Waals surface area contributed by atoms with Gasteiger partial charge in [-0.1, -0.05) is 92.7 Å². The predicted octanol–water partition coefficient (Wildman–Crippen LogP) is 3.38. The Morgan fingerprint density at radius 3 is 1.96 bits per heavy atom. The molecule has 1 aliphatic rings. The van der Waals surface area contributed by atoms with E-state index < -0.39 is 42.3 Å². The van der Waals surface area contributed by atoms with Crippen LogP contribution in [0.2, 0.25) is 0 Å². The lowest BCUT2D eigenvalue weighted by molar-refractivity contribution is -0.130. The summed E-state index contributed by atoms with van der Waals surface area (Å²) in [6.45, 7) is 5.10. The molecule has 1 saturated heterocycles. The molecule has 238 valence electrons. The molecule has 10 nitrogen and oxygen atoms in total. The number of hydrogen-bond acceptors (Lipinski definition) is 6. The van der Waals surface area contributed by atoms with Gasteiger partial charge in [-0.2, -0.15) is 0 Å². The van der Waals surface area contributed by atoms with E-state index in [1.54, 1.807) is 24.3 Å². The molecule has 3 aromatic carbocycles. The van der Waals surface area contributed by atoms with Crippen molar-refractivity contribution in [2.45, 2.75) is 70.4 Å². The molecule has 3 aromatic rings. The molecule has 0 spiro atoms. The molecule has 4 amide bonds. The number of ether oxygens (including phenoxy) is 1. The smallest absolute Gasteiger partial charge is 0.415 e. The van der Waals surface area contributed by atoms with E-state index in [4.69, 9.17) is 4.74 Å². The first-order valence-electron chi connectivity index (χ1n) is 15.3. The maximum atomic E-state index is 13.5. The maximum Gasteiger partial charge on any atom is 0.415 e. The molecule has 5 atom stereocenters. The van der Waals surface area contributed by atoms with Gasteiger partial charge >= 0.3 is 6.09 Å². The van der Waals surface area contributed by atoms with Gasteiger partial charge in [-0.15, -0.1) is 0 Å². The van der Waals surface area contributed by atoms with Crippen LogP contribution >= 0.6 is 0 Å². The van der Waals surface area contributed by atoms with Crippen molar-refractivity contribution >= 4 is 29.5 Å². The van der Waals surface area contributed by atoms with E-state index in [0.717, 1.165) is 11.1 Å². The zero-order valence-corrected chi connectivity index (χ0v) is 25.9. The van der Waals surface area contributed by atoms with Crippen LogP contribution in [0, 0.1) is 5.92 Å². The third-order valence-corrected chi connectivity index (χ3v) is 7.77. The Morgan fingerprint density at radius 1 is 0.844 bits per heavy atom. The first-order valence-corrected chi connectivity index (χ1v) is 15.3. The monoisotopic (exact) mass is 614 g/mol. The molecule has 10 heteroatoms. The van der Waals surface area contributed by atoms with Crippen LogP contribution in [0.15, 0.2) is 91.0 Å². The van der Waals surface area contributed by atoms with Gasteiger partial charge in [-0.3, -0.25) is 19.3 Å². The highest BCUT2D eigenvalue weighted by Gasteiger charge is 2.38. The summed E-state index contributed by atoms with van der Waals surface area (Å²) in [4.78, 5) is 52.6. The number of aliphatic hydroxyl groups is 1. The molecule has 45 heavy (non-hydrogen) atoms. The van der Waals surface area contributed by atoms with Crippen LogP contribution in [0.1, 0.15) is 38.3 Å². The van der Waals surface area contributed by atoms with Crippen molar-refractivity contribution in [3.05, 3.63) is 102 Å². The molecule has 0 aliphatic carbocycles. The van der Waals surface area contributed by atoms with Crippen LogP contribution in [-0.2, 0) is 32.0 Å². The van der Waals surface area contributed by atoms with Crippen LogP contribution in [0.3, 0.4) is 0 Å². The summed E-state index contributed by atoms with van der Waals surface area (Å²) in [6, 6.07) is 26.0. The van der Waals surface area contributed by atoms with Gasteiger partial charge in [0.25, 0.3) is 5.91 Å². The molecule has 0 aromatic heterocycles. The number of para-hydroxylation sites is 1. The molecular weight excluding hydrogens is 572 g/mol. The average molecular weight is 615 g/mol. The van der Waals surface area contributed by atoms with Crippen LogP contribution in [-0.4, -0.2) is 65.8 Å². The number of carbonyl (C=O) groups excluding carboxylic acids is 4. The molecule has 4 N–H and O–H groups in total. The van der Waals surface area contributed by atoms with E-state index in [1.807, 2.05) is 80.6 Å². The molecule has 1 aliphatic heterocycles.